The van der Waals surface area contributed by atoms with Crippen molar-refractivity contribution >= 4 is 12.4 Å². The average molecular weight is 242 g/mol. The first-order chi connectivity index (χ1) is 7.29. The Balaban J connectivity index is 0.00000128. The lowest BCUT2D eigenvalue weighted by molar-refractivity contribution is 0.622. The van der Waals surface area contributed by atoms with Crippen LogP contribution in [0.25, 0.3) is 0 Å². The van der Waals surface area contributed by atoms with Gasteiger partial charge in [0.2, 0.25) is 0 Å². The number of nitrogens with two attached hydrogens (primary N) is 1. The van der Waals surface area contributed by atoms with Gasteiger partial charge in [0, 0.05) is 19.3 Å². The second-order valence-corrected chi connectivity index (χ2v) is 3.35. The first kappa shape index (κ1) is 12.7. The predicted molar refractivity (Wildman–Crippen MR) is 62.9 cm³/mol. The van der Waals surface area contributed by atoms with Crippen LogP contribution in [0.2, 0.25) is 0 Å². The molecule has 16 heavy (non-hydrogen) atoms. The minimum absolute atomic E-state index is 0. The summed E-state index contributed by atoms with van der Waals surface area (Å²) in [6.45, 7) is 1.04. The number of halogens is 2. The van der Waals surface area contributed by atoms with Crippen LogP contribution in [0.1, 0.15) is 11.3 Å². The molecule has 0 saturated heterocycles. The Hall–Kier alpha value is -1.39. The highest BCUT2D eigenvalue weighted by Gasteiger charge is 2.01. The molecule has 0 atom stereocenters. The van der Waals surface area contributed by atoms with Crippen LogP contribution in [0.15, 0.2) is 36.8 Å². The van der Waals surface area contributed by atoms with Gasteiger partial charge in [0.25, 0.3) is 0 Å². The summed E-state index contributed by atoms with van der Waals surface area (Å²) in [6.07, 6.45) is 3.42. The molecule has 0 spiro atoms. The first-order valence-electron chi connectivity index (χ1n) is 4.73. The fraction of sp³-hybridized carbons (Fsp3) is 0.182. The molecule has 2 aromatic rings. The SMILES string of the molecule is Cl.NCc1cncn1Cc1cccc(F)c1. The molecular formula is C11H13ClFN3. The second-order valence-electron chi connectivity index (χ2n) is 3.35. The molecule has 2 N–H and O–H groups in total. The van der Waals surface area contributed by atoms with Crippen molar-refractivity contribution in [2.24, 2.45) is 5.73 Å². The molecule has 0 amide bonds. The maximum absolute atomic E-state index is 12.9. The van der Waals surface area contributed by atoms with Crippen LogP contribution < -0.4 is 5.73 Å². The van der Waals surface area contributed by atoms with Crippen molar-refractivity contribution in [3.05, 3.63) is 53.9 Å². The molecular weight excluding hydrogens is 229 g/mol. The maximum atomic E-state index is 12.9. The lowest BCUT2D eigenvalue weighted by atomic mass is 10.2. The van der Waals surface area contributed by atoms with Gasteiger partial charge in [-0.2, -0.15) is 0 Å². The van der Waals surface area contributed by atoms with Crippen LogP contribution >= 0.6 is 12.4 Å². The van der Waals surface area contributed by atoms with Gasteiger partial charge in [-0.1, -0.05) is 12.1 Å². The molecule has 0 saturated carbocycles. The molecule has 0 aliphatic carbocycles. The number of hydrogen-bond acceptors (Lipinski definition) is 2. The molecule has 0 unspecified atom stereocenters. The highest BCUT2D eigenvalue weighted by Crippen LogP contribution is 2.07. The minimum Gasteiger partial charge on any atom is -0.329 e. The van der Waals surface area contributed by atoms with Crippen molar-refractivity contribution in [3.8, 4) is 0 Å². The Morgan fingerprint density at radius 2 is 2.19 bits per heavy atom. The molecule has 1 aromatic carbocycles. The molecule has 1 aromatic heterocycles. The monoisotopic (exact) mass is 241 g/mol. The van der Waals surface area contributed by atoms with Crippen LogP contribution in [0.4, 0.5) is 4.39 Å². The highest BCUT2D eigenvalue weighted by molar-refractivity contribution is 5.85. The topological polar surface area (TPSA) is 43.8 Å². The van der Waals surface area contributed by atoms with Crippen LogP contribution in [0.3, 0.4) is 0 Å². The lowest BCUT2D eigenvalue weighted by Crippen LogP contribution is -2.07. The van der Waals surface area contributed by atoms with Crippen molar-refractivity contribution in [2.45, 2.75) is 13.1 Å². The number of aromatic nitrogens is 2. The Morgan fingerprint density at radius 1 is 1.38 bits per heavy atom. The fourth-order valence-electron chi connectivity index (χ4n) is 1.49. The standard InChI is InChI=1S/C11H12FN3.ClH/c12-10-3-1-2-9(4-10)7-15-8-14-6-11(15)5-13;/h1-4,6,8H,5,7,13H2;1H. The second kappa shape index (κ2) is 5.63. The van der Waals surface area contributed by atoms with Gasteiger partial charge in [0.05, 0.1) is 12.0 Å². The summed E-state index contributed by atoms with van der Waals surface area (Å²) in [5.74, 6) is -0.220. The third-order valence-electron chi connectivity index (χ3n) is 2.25. The molecule has 1 heterocycles. The Labute approximate surface area is 99.5 Å². The zero-order valence-electron chi connectivity index (χ0n) is 8.64. The van der Waals surface area contributed by atoms with E-state index in [-0.39, 0.29) is 18.2 Å². The lowest BCUT2D eigenvalue weighted by Gasteiger charge is -2.06. The smallest absolute Gasteiger partial charge is 0.123 e. The third-order valence-corrected chi connectivity index (χ3v) is 2.25. The van der Waals surface area contributed by atoms with E-state index in [1.54, 1.807) is 18.6 Å². The van der Waals surface area contributed by atoms with E-state index in [4.69, 9.17) is 5.73 Å². The molecule has 0 fully saturated rings. The highest BCUT2D eigenvalue weighted by atomic mass is 35.5. The third kappa shape index (κ3) is 2.81. The van der Waals surface area contributed by atoms with E-state index in [9.17, 15) is 4.39 Å². The van der Waals surface area contributed by atoms with Crippen molar-refractivity contribution in [1.82, 2.24) is 9.55 Å². The maximum Gasteiger partial charge on any atom is 0.123 e. The van der Waals surface area contributed by atoms with Gasteiger partial charge in [0.1, 0.15) is 5.82 Å². The zero-order chi connectivity index (χ0) is 10.7. The van der Waals surface area contributed by atoms with Crippen LogP contribution in [0, 0.1) is 5.82 Å². The molecule has 0 radical (unpaired) electrons. The Bertz CT molecular complexity index is 456. The largest absolute Gasteiger partial charge is 0.329 e. The predicted octanol–water partition coefficient (Wildman–Crippen LogP) is 1.95. The fourth-order valence-corrected chi connectivity index (χ4v) is 1.49. The van der Waals surface area contributed by atoms with Crippen LogP contribution in [0.5, 0.6) is 0 Å². The number of rotatable bonds is 3. The summed E-state index contributed by atoms with van der Waals surface area (Å²) in [5.41, 5.74) is 7.39. The Kier molecular flexibility index (Phi) is 4.46. The van der Waals surface area contributed by atoms with E-state index in [1.165, 1.54) is 12.1 Å². The zero-order valence-corrected chi connectivity index (χ0v) is 9.45. The number of imidazole rings is 1. The normalized spacial score (nSPS) is 9.88. The van der Waals surface area contributed by atoms with Crippen molar-refractivity contribution in [3.63, 3.8) is 0 Å². The number of hydrogen-bond donors (Lipinski definition) is 1. The quantitative estimate of drug-likeness (QED) is 0.893. The summed E-state index contributed by atoms with van der Waals surface area (Å²) in [4.78, 5) is 4.00. The van der Waals surface area contributed by atoms with Gasteiger partial charge in [0.15, 0.2) is 0 Å². The minimum atomic E-state index is -0.220. The number of benzene rings is 1. The summed E-state index contributed by atoms with van der Waals surface area (Å²) < 4.78 is 14.8. The molecule has 0 bridgehead atoms. The van der Waals surface area contributed by atoms with Gasteiger partial charge in [-0.05, 0) is 17.7 Å². The van der Waals surface area contributed by atoms with Gasteiger partial charge in [-0.25, -0.2) is 9.37 Å². The van der Waals surface area contributed by atoms with E-state index < -0.39 is 0 Å². The van der Waals surface area contributed by atoms with E-state index in [1.807, 2.05) is 10.6 Å². The van der Waals surface area contributed by atoms with E-state index >= 15 is 0 Å². The van der Waals surface area contributed by atoms with E-state index in [0.29, 0.717) is 13.1 Å². The molecule has 3 nitrogen and oxygen atoms in total. The van der Waals surface area contributed by atoms with Crippen LogP contribution in [-0.4, -0.2) is 9.55 Å². The van der Waals surface area contributed by atoms with E-state index in [0.717, 1.165) is 11.3 Å². The molecule has 5 heteroatoms. The Morgan fingerprint density at radius 3 is 2.88 bits per heavy atom. The molecule has 0 aliphatic heterocycles. The average Bonchev–Trinajstić information content (AvgIpc) is 2.65. The van der Waals surface area contributed by atoms with Crippen molar-refractivity contribution in [1.29, 1.82) is 0 Å². The molecule has 86 valence electrons. The molecule has 2 rings (SSSR count). The van der Waals surface area contributed by atoms with Gasteiger partial charge in [-0.15, -0.1) is 12.4 Å². The van der Waals surface area contributed by atoms with Crippen molar-refractivity contribution in [2.75, 3.05) is 0 Å². The first-order valence-corrected chi connectivity index (χ1v) is 4.73. The van der Waals surface area contributed by atoms with E-state index in [2.05, 4.69) is 4.98 Å². The summed E-state index contributed by atoms with van der Waals surface area (Å²) in [5, 5.41) is 0. The summed E-state index contributed by atoms with van der Waals surface area (Å²) >= 11 is 0. The van der Waals surface area contributed by atoms with Gasteiger partial charge in [-0.3, -0.25) is 0 Å². The molecule has 0 aliphatic rings. The summed E-state index contributed by atoms with van der Waals surface area (Å²) in [7, 11) is 0. The van der Waals surface area contributed by atoms with Crippen molar-refractivity contribution < 1.29 is 4.39 Å². The van der Waals surface area contributed by atoms with Crippen LogP contribution in [-0.2, 0) is 13.1 Å². The number of nitrogens with zero attached hydrogens (tertiary/aromatic N) is 2. The van der Waals surface area contributed by atoms with Gasteiger partial charge < -0.3 is 10.3 Å². The van der Waals surface area contributed by atoms with Gasteiger partial charge >= 0.3 is 0 Å². The summed E-state index contributed by atoms with van der Waals surface area (Å²) in [6, 6.07) is 6.52.